The minimum atomic E-state index is -0.262. The Hall–Kier alpha value is -3.36. The van der Waals surface area contributed by atoms with Gasteiger partial charge >= 0.3 is 0 Å². The first-order valence-electron chi connectivity index (χ1n) is 9.87. The van der Waals surface area contributed by atoms with Crippen molar-refractivity contribution in [1.82, 2.24) is 19.9 Å². The Morgan fingerprint density at radius 3 is 2.90 bits per heavy atom. The highest BCUT2D eigenvalue weighted by Crippen LogP contribution is 2.34. The number of nitrogens with one attached hydrogen (secondary N) is 2. The molecule has 0 fully saturated rings. The summed E-state index contributed by atoms with van der Waals surface area (Å²) in [6, 6.07) is 10.5. The Labute approximate surface area is 183 Å². The number of anilines is 2. The van der Waals surface area contributed by atoms with Gasteiger partial charge in [0.15, 0.2) is 0 Å². The summed E-state index contributed by atoms with van der Waals surface area (Å²) in [7, 11) is 0. The van der Waals surface area contributed by atoms with Gasteiger partial charge in [0.2, 0.25) is 5.95 Å². The molecular weight excluding hydrogens is 419 g/mol. The van der Waals surface area contributed by atoms with Crippen molar-refractivity contribution in [2.24, 2.45) is 0 Å². The van der Waals surface area contributed by atoms with E-state index >= 15 is 0 Å². The third kappa shape index (κ3) is 3.87. The zero-order valence-corrected chi connectivity index (χ0v) is 17.3. The van der Waals surface area contributed by atoms with E-state index in [1.54, 1.807) is 12.3 Å². The molecule has 158 valence electrons. The van der Waals surface area contributed by atoms with Crippen LogP contribution in [-0.4, -0.2) is 27.7 Å². The van der Waals surface area contributed by atoms with Gasteiger partial charge in [0.25, 0.3) is 0 Å². The number of aromatic nitrogens is 3. The molecule has 2 aromatic heterocycles. The molecule has 9 heteroatoms. The molecule has 1 aliphatic rings. The zero-order valence-electron chi connectivity index (χ0n) is 16.5. The van der Waals surface area contributed by atoms with Crippen molar-refractivity contribution in [3.8, 4) is 11.4 Å². The second-order valence-electron chi connectivity index (χ2n) is 7.29. The molecule has 0 amide bonds. The molecule has 0 spiro atoms. The van der Waals surface area contributed by atoms with Crippen LogP contribution in [0.3, 0.4) is 0 Å². The summed E-state index contributed by atoms with van der Waals surface area (Å²) in [5, 5.41) is 7.97. The smallest absolute Gasteiger partial charge is 0.221 e. The topological polar surface area (TPSA) is 90.0 Å². The molecule has 1 aliphatic heterocycles. The molecule has 0 atom stereocenters. The number of benzene rings is 2. The van der Waals surface area contributed by atoms with Crippen LogP contribution in [0.4, 0.5) is 16.2 Å². The lowest BCUT2D eigenvalue weighted by Crippen LogP contribution is -2.16. The summed E-state index contributed by atoms with van der Waals surface area (Å²) in [5.41, 5.74) is 9.33. The number of halogens is 2. The van der Waals surface area contributed by atoms with E-state index in [9.17, 15) is 4.39 Å². The van der Waals surface area contributed by atoms with E-state index in [1.165, 1.54) is 12.1 Å². The molecule has 5 rings (SSSR count). The van der Waals surface area contributed by atoms with Crippen LogP contribution < -0.4 is 21.1 Å². The third-order valence-electron chi connectivity index (χ3n) is 5.19. The Balaban J connectivity index is 1.51. The van der Waals surface area contributed by atoms with Gasteiger partial charge in [-0.25, -0.2) is 9.37 Å². The predicted octanol–water partition coefficient (Wildman–Crippen LogP) is 3.89. The predicted molar refractivity (Wildman–Crippen MR) is 119 cm³/mol. The summed E-state index contributed by atoms with van der Waals surface area (Å²) in [4.78, 5) is 8.36. The van der Waals surface area contributed by atoms with Gasteiger partial charge < -0.3 is 25.7 Å². The molecule has 0 saturated heterocycles. The molecule has 31 heavy (non-hydrogen) atoms. The number of nitrogens with two attached hydrogens (primary N) is 1. The maximum atomic E-state index is 13.6. The molecule has 4 N–H and O–H groups in total. The summed E-state index contributed by atoms with van der Waals surface area (Å²) in [5.74, 6) is 1.28. The summed E-state index contributed by atoms with van der Waals surface area (Å²) in [6.45, 7) is 2.02. The molecule has 0 bridgehead atoms. The van der Waals surface area contributed by atoms with E-state index in [0.717, 1.165) is 27.7 Å². The monoisotopic (exact) mass is 438 g/mol. The molecule has 0 saturated carbocycles. The van der Waals surface area contributed by atoms with Crippen molar-refractivity contribution >= 4 is 34.3 Å². The minimum Gasteiger partial charge on any atom is -0.490 e. The maximum Gasteiger partial charge on any atom is 0.221 e. The standard InChI is InChI=1S/C22H20ClFN6O/c23-18-9-17(30-5-3-13-7-16(24)1-2-19(13)30)8-14-10-26-11-15-12-28-22(25)29-21(15)27-4-6-31-20(14)18/h1-3,5,7-9,12,26H,4,6,10-11H2,(H3,25,27,28,29). The van der Waals surface area contributed by atoms with Gasteiger partial charge in [-0.3, -0.25) is 0 Å². The Morgan fingerprint density at radius 1 is 1.13 bits per heavy atom. The fourth-order valence-corrected chi connectivity index (χ4v) is 4.05. The second kappa shape index (κ2) is 8.05. The van der Waals surface area contributed by atoms with Gasteiger partial charge in [-0.2, -0.15) is 4.98 Å². The Morgan fingerprint density at radius 2 is 2.00 bits per heavy atom. The maximum absolute atomic E-state index is 13.6. The average molecular weight is 439 g/mol. The lowest BCUT2D eigenvalue weighted by atomic mass is 10.1. The van der Waals surface area contributed by atoms with Gasteiger partial charge in [-0.05, 0) is 36.4 Å². The highest BCUT2D eigenvalue weighted by Gasteiger charge is 2.16. The van der Waals surface area contributed by atoms with Crippen molar-refractivity contribution < 1.29 is 9.13 Å². The number of nitrogens with zero attached hydrogens (tertiary/aromatic N) is 3. The molecule has 0 radical (unpaired) electrons. The molecule has 0 aliphatic carbocycles. The molecule has 0 unspecified atom stereocenters. The summed E-state index contributed by atoms with van der Waals surface area (Å²) >= 11 is 6.63. The first-order chi connectivity index (χ1) is 15.1. The number of nitrogen functional groups attached to an aromatic ring is 1. The van der Waals surface area contributed by atoms with Crippen LogP contribution in [0, 0.1) is 5.82 Å². The van der Waals surface area contributed by atoms with Gasteiger partial charge in [0.05, 0.1) is 17.1 Å². The molecule has 3 heterocycles. The Kier molecular flexibility index (Phi) is 5.09. The number of rotatable bonds is 1. The Bertz CT molecular complexity index is 1270. The van der Waals surface area contributed by atoms with Crippen LogP contribution in [0.25, 0.3) is 16.6 Å². The number of fused-ring (bicyclic) bond motifs is 3. The van der Waals surface area contributed by atoms with Gasteiger partial charge in [-0.1, -0.05) is 11.6 Å². The minimum absolute atomic E-state index is 0.219. The molecule has 7 nitrogen and oxygen atoms in total. The lowest BCUT2D eigenvalue weighted by molar-refractivity contribution is 0.329. The van der Waals surface area contributed by atoms with Crippen LogP contribution in [-0.2, 0) is 13.1 Å². The second-order valence-corrected chi connectivity index (χ2v) is 7.69. The van der Waals surface area contributed by atoms with Crippen LogP contribution in [0.15, 0.2) is 48.8 Å². The highest BCUT2D eigenvalue weighted by molar-refractivity contribution is 6.32. The fourth-order valence-electron chi connectivity index (χ4n) is 3.76. The van der Waals surface area contributed by atoms with Gasteiger partial charge in [0.1, 0.15) is 24.0 Å². The van der Waals surface area contributed by atoms with Crippen LogP contribution in [0.1, 0.15) is 11.1 Å². The molecule has 2 aromatic carbocycles. The molecule has 4 aromatic rings. The van der Waals surface area contributed by atoms with Gasteiger partial charge in [0, 0.05) is 47.7 Å². The number of ether oxygens (including phenoxy) is 1. The highest BCUT2D eigenvalue weighted by atomic mass is 35.5. The van der Waals surface area contributed by atoms with Crippen molar-refractivity contribution in [3.05, 3.63) is 70.8 Å². The van der Waals surface area contributed by atoms with Gasteiger partial charge in [-0.15, -0.1) is 0 Å². The molecular formula is C22H20ClFN6O. The normalized spacial score (nSPS) is 14.1. The van der Waals surface area contributed by atoms with Crippen molar-refractivity contribution in [2.45, 2.75) is 13.1 Å². The van der Waals surface area contributed by atoms with Crippen LogP contribution in [0.5, 0.6) is 5.75 Å². The van der Waals surface area contributed by atoms with E-state index < -0.39 is 0 Å². The quantitative estimate of drug-likeness (QED) is 0.417. The SMILES string of the molecule is Nc1ncc2c(n1)NCCOc1c(Cl)cc(-n3ccc4cc(F)ccc43)cc1CNC2. The number of hydrogen-bond donors (Lipinski definition) is 3. The van der Waals surface area contributed by atoms with E-state index in [-0.39, 0.29) is 11.8 Å². The van der Waals surface area contributed by atoms with Crippen molar-refractivity contribution in [3.63, 3.8) is 0 Å². The summed E-state index contributed by atoms with van der Waals surface area (Å²) in [6.07, 6.45) is 3.62. The van der Waals surface area contributed by atoms with E-state index in [0.29, 0.717) is 42.8 Å². The van der Waals surface area contributed by atoms with E-state index in [4.69, 9.17) is 22.1 Å². The van der Waals surface area contributed by atoms with Crippen molar-refractivity contribution in [2.75, 3.05) is 24.2 Å². The van der Waals surface area contributed by atoms with E-state index in [1.807, 2.05) is 29.0 Å². The van der Waals surface area contributed by atoms with Crippen LogP contribution >= 0.6 is 11.6 Å². The fraction of sp³-hybridized carbons (Fsp3) is 0.182. The average Bonchev–Trinajstić information content (AvgIpc) is 3.14. The summed E-state index contributed by atoms with van der Waals surface area (Å²) < 4.78 is 21.6. The first kappa shape index (κ1) is 19.6. The lowest BCUT2D eigenvalue weighted by Gasteiger charge is -2.16. The number of hydrogen-bond acceptors (Lipinski definition) is 6. The largest absolute Gasteiger partial charge is 0.490 e. The first-order valence-corrected chi connectivity index (χ1v) is 10.2. The van der Waals surface area contributed by atoms with E-state index in [2.05, 4.69) is 20.6 Å². The van der Waals surface area contributed by atoms with Crippen LogP contribution in [0.2, 0.25) is 5.02 Å². The zero-order chi connectivity index (χ0) is 21.4. The van der Waals surface area contributed by atoms with Crippen molar-refractivity contribution in [1.29, 1.82) is 0 Å². The third-order valence-corrected chi connectivity index (χ3v) is 5.47.